The quantitative estimate of drug-likeness (QED) is 0.181. The fourth-order valence-electron chi connectivity index (χ4n) is 4.64. The summed E-state index contributed by atoms with van der Waals surface area (Å²) in [6.45, 7) is 0.520. The van der Waals surface area contributed by atoms with Crippen LogP contribution in [0, 0.1) is 0 Å². The summed E-state index contributed by atoms with van der Waals surface area (Å²) < 4.78 is 39.4. The largest absolute Gasteiger partial charge is 0.471 e. The molecule has 0 fully saturated rings. The lowest BCUT2D eigenvalue weighted by Gasteiger charge is -2.37. The van der Waals surface area contributed by atoms with E-state index in [4.69, 9.17) is 5.73 Å². The Morgan fingerprint density at radius 2 is 1.35 bits per heavy atom. The number of amides is 1. The van der Waals surface area contributed by atoms with Crippen molar-refractivity contribution < 1.29 is 18.0 Å². The molecule has 3 aromatic carbocycles. The minimum Gasteiger partial charge on any atom is -0.348 e. The van der Waals surface area contributed by atoms with Gasteiger partial charge in [-0.25, -0.2) is 9.97 Å². The number of halogens is 5. The predicted molar refractivity (Wildman–Crippen MR) is 165 cm³/mol. The molecule has 43 heavy (non-hydrogen) atoms. The molecule has 0 atom stereocenters. The second kappa shape index (κ2) is 16.5. The van der Waals surface area contributed by atoms with Crippen LogP contribution in [-0.2, 0) is 23.2 Å². The van der Waals surface area contributed by atoms with Crippen molar-refractivity contribution in [3.8, 4) is 0 Å². The Kier molecular flexibility index (Phi) is 13.5. The van der Waals surface area contributed by atoms with Crippen molar-refractivity contribution in [1.29, 1.82) is 0 Å². The molecule has 0 aliphatic carbocycles. The van der Waals surface area contributed by atoms with Gasteiger partial charge in [0.15, 0.2) is 0 Å². The Labute approximate surface area is 260 Å². The first-order valence-electron chi connectivity index (χ1n) is 13.1. The van der Waals surface area contributed by atoms with E-state index in [0.29, 0.717) is 12.2 Å². The maximum Gasteiger partial charge on any atom is 0.471 e. The van der Waals surface area contributed by atoms with Crippen LogP contribution in [0.25, 0.3) is 0 Å². The maximum absolute atomic E-state index is 12.5. The highest BCUT2D eigenvalue weighted by molar-refractivity contribution is 5.85. The zero-order chi connectivity index (χ0) is 29.1. The number of nitrogens with two attached hydrogens (primary N) is 1. The van der Waals surface area contributed by atoms with Gasteiger partial charge in [0.2, 0.25) is 0 Å². The molecule has 228 valence electrons. The molecule has 0 saturated heterocycles. The predicted octanol–water partition coefficient (Wildman–Crippen LogP) is 5.70. The number of hydrogen-bond acceptors (Lipinski definition) is 4. The van der Waals surface area contributed by atoms with Crippen LogP contribution < -0.4 is 11.1 Å². The number of carbonyl (C=O) groups is 1. The van der Waals surface area contributed by atoms with Gasteiger partial charge in [0.1, 0.15) is 5.54 Å². The molecule has 5 aromatic rings. The smallest absolute Gasteiger partial charge is 0.348 e. The normalized spacial score (nSPS) is 10.9. The second-order valence-corrected chi connectivity index (χ2v) is 9.20. The zero-order valence-electron chi connectivity index (χ0n) is 23.1. The summed E-state index contributed by atoms with van der Waals surface area (Å²) in [5.74, 6) is -1.95. The van der Waals surface area contributed by atoms with Gasteiger partial charge >= 0.3 is 12.1 Å². The number of alkyl halides is 3. The number of hydrogen-bond donors (Lipinski definition) is 3. The number of nitrogens with zero attached hydrogens (tertiary/aromatic N) is 3. The molecule has 2 heterocycles. The number of rotatable bonds is 9. The molecule has 0 radical (unpaired) electrons. The van der Waals surface area contributed by atoms with Crippen molar-refractivity contribution in [1.82, 2.24) is 24.8 Å². The van der Waals surface area contributed by atoms with E-state index in [-0.39, 0.29) is 37.8 Å². The highest BCUT2D eigenvalue weighted by atomic mass is 35.5. The summed E-state index contributed by atoms with van der Waals surface area (Å²) in [5, 5.41) is 1.90. The van der Waals surface area contributed by atoms with Gasteiger partial charge in [-0.3, -0.25) is 4.79 Å². The van der Waals surface area contributed by atoms with E-state index >= 15 is 0 Å². The molecule has 4 N–H and O–H groups in total. The van der Waals surface area contributed by atoms with Gasteiger partial charge in [-0.2, -0.15) is 13.2 Å². The Hall–Kier alpha value is -4.12. The van der Waals surface area contributed by atoms with Crippen LogP contribution in [0.3, 0.4) is 0 Å². The van der Waals surface area contributed by atoms with Crippen molar-refractivity contribution in [2.45, 2.75) is 24.6 Å². The molecular weight excluding hydrogens is 600 g/mol. The lowest BCUT2D eigenvalue weighted by atomic mass is 9.77. The zero-order valence-corrected chi connectivity index (χ0v) is 24.7. The van der Waals surface area contributed by atoms with Crippen molar-refractivity contribution in [2.24, 2.45) is 5.73 Å². The van der Waals surface area contributed by atoms with Crippen molar-refractivity contribution in [3.05, 3.63) is 144 Å². The lowest BCUT2D eigenvalue weighted by Crippen LogP contribution is -2.38. The van der Waals surface area contributed by atoms with E-state index in [1.165, 1.54) is 0 Å². The van der Waals surface area contributed by atoms with Gasteiger partial charge in [-0.05, 0) is 23.2 Å². The first kappa shape index (κ1) is 35.1. The van der Waals surface area contributed by atoms with Crippen molar-refractivity contribution >= 4 is 30.7 Å². The van der Waals surface area contributed by atoms with Gasteiger partial charge in [0.05, 0.1) is 18.3 Å². The maximum atomic E-state index is 12.5. The third-order valence-corrected chi connectivity index (χ3v) is 6.49. The SMILES string of the molecule is Cl.Cl.NCCc1cnc[nH]1.O=C(NCCc1cn(C(c2ccccc2)(c2ccccc2)c2ccccc2)cn1)C(F)(F)F. The average Bonchev–Trinajstić information content (AvgIpc) is 3.68. The minimum atomic E-state index is -4.90. The number of carbonyl (C=O) groups excluding carboxylic acids is 1. The van der Waals surface area contributed by atoms with E-state index in [0.717, 1.165) is 28.8 Å². The Morgan fingerprint density at radius 3 is 1.77 bits per heavy atom. The fraction of sp³-hybridized carbons (Fsp3) is 0.194. The van der Waals surface area contributed by atoms with E-state index in [1.807, 2.05) is 107 Å². The monoisotopic (exact) mass is 632 g/mol. The third kappa shape index (κ3) is 8.70. The Bertz CT molecular complexity index is 1390. The van der Waals surface area contributed by atoms with Crippen LogP contribution in [0.15, 0.2) is 116 Å². The summed E-state index contributed by atoms with van der Waals surface area (Å²) in [4.78, 5) is 22.3. The summed E-state index contributed by atoms with van der Waals surface area (Å²) >= 11 is 0. The topological polar surface area (TPSA) is 102 Å². The highest BCUT2D eigenvalue weighted by Crippen LogP contribution is 2.40. The van der Waals surface area contributed by atoms with Crippen LogP contribution in [0.2, 0.25) is 0 Å². The van der Waals surface area contributed by atoms with E-state index in [9.17, 15) is 18.0 Å². The highest BCUT2D eigenvalue weighted by Gasteiger charge is 2.39. The lowest BCUT2D eigenvalue weighted by molar-refractivity contribution is -0.173. The summed E-state index contributed by atoms with van der Waals surface area (Å²) in [6, 6.07) is 30.0. The summed E-state index contributed by atoms with van der Waals surface area (Å²) in [6.07, 6.45) is 3.12. The van der Waals surface area contributed by atoms with Gasteiger partial charge in [0.25, 0.3) is 0 Å². The fourth-order valence-corrected chi connectivity index (χ4v) is 4.64. The first-order chi connectivity index (χ1) is 19.9. The number of nitrogens with one attached hydrogen (secondary N) is 2. The molecule has 7 nitrogen and oxygen atoms in total. The molecule has 12 heteroatoms. The molecule has 0 bridgehead atoms. The minimum absolute atomic E-state index is 0. The van der Waals surface area contributed by atoms with Gasteiger partial charge in [-0.15, -0.1) is 24.8 Å². The van der Waals surface area contributed by atoms with Crippen LogP contribution in [0.1, 0.15) is 28.1 Å². The molecule has 0 unspecified atom stereocenters. The second-order valence-electron chi connectivity index (χ2n) is 9.20. The van der Waals surface area contributed by atoms with Crippen LogP contribution in [0.5, 0.6) is 0 Å². The standard InChI is InChI=1S/C26H22F3N3O.C5H9N3.2ClH/c27-26(28,29)24(33)30-17-16-23-18-32(19-31-23)25(20-10-4-1-5-11-20,21-12-6-2-7-13-21)22-14-8-3-9-15-22;6-2-1-5-3-7-4-8-5;;/h1-15,18-19H,16-17H2,(H,30,33);3-4H,1-2,6H2,(H,7,8);2*1H. The van der Waals surface area contributed by atoms with Crippen LogP contribution >= 0.6 is 24.8 Å². The van der Waals surface area contributed by atoms with E-state index in [2.05, 4.69) is 15.0 Å². The van der Waals surface area contributed by atoms with Crippen LogP contribution in [-0.4, -0.2) is 44.7 Å². The van der Waals surface area contributed by atoms with Gasteiger partial charge in [0, 0.05) is 37.5 Å². The molecule has 0 aliphatic heterocycles. The number of aromatic nitrogens is 4. The Balaban J connectivity index is 0.000000562. The molecule has 0 aliphatic rings. The third-order valence-electron chi connectivity index (χ3n) is 6.49. The van der Waals surface area contributed by atoms with Crippen molar-refractivity contribution in [2.75, 3.05) is 13.1 Å². The summed E-state index contributed by atoms with van der Waals surface area (Å²) in [7, 11) is 0. The molecule has 0 spiro atoms. The average molecular weight is 634 g/mol. The Morgan fingerprint density at radius 1 is 0.837 bits per heavy atom. The molecule has 0 saturated carbocycles. The molecule has 2 aromatic heterocycles. The molecule has 5 rings (SSSR count). The molecule has 1 amide bonds. The summed E-state index contributed by atoms with van der Waals surface area (Å²) in [5.41, 5.74) is 9.24. The van der Waals surface area contributed by atoms with Gasteiger partial charge in [-0.1, -0.05) is 91.0 Å². The van der Waals surface area contributed by atoms with Gasteiger partial charge < -0.3 is 20.6 Å². The van der Waals surface area contributed by atoms with Crippen molar-refractivity contribution in [3.63, 3.8) is 0 Å². The number of benzene rings is 3. The number of aromatic amines is 1. The molecular formula is C31H33Cl2F3N6O. The van der Waals surface area contributed by atoms with E-state index in [1.54, 1.807) is 18.9 Å². The number of H-pyrrole nitrogens is 1. The van der Waals surface area contributed by atoms with Crippen LogP contribution in [0.4, 0.5) is 13.2 Å². The van der Waals surface area contributed by atoms with E-state index < -0.39 is 17.6 Å². The first-order valence-corrected chi connectivity index (χ1v) is 13.1. The number of imidazole rings is 2.